The minimum absolute atomic E-state index is 0.0982. The summed E-state index contributed by atoms with van der Waals surface area (Å²) < 4.78 is 0. The van der Waals surface area contributed by atoms with E-state index >= 15 is 0 Å². The number of anilines is 1. The molecular formula is C15H21N3O2. The number of nitrogens with one attached hydrogen (secondary N) is 1. The Balaban J connectivity index is 1.92. The third-order valence-electron chi connectivity index (χ3n) is 3.82. The molecule has 0 radical (unpaired) electrons. The average molecular weight is 275 g/mol. The molecule has 1 aliphatic heterocycles. The second kappa shape index (κ2) is 5.94. The van der Waals surface area contributed by atoms with Crippen molar-refractivity contribution in [3.05, 3.63) is 29.3 Å². The number of hydrogen-bond acceptors (Lipinski definition) is 3. The molecule has 0 atom stereocenters. The number of amides is 2. The molecule has 2 amide bonds. The highest BCUT2D eigenvalue weighted by Gasteiger charge is 2.22. The van der Waals surface area contributed by atoms with Crippen molar-refractivity contribution in [2.24, 2.45) is 0 Å². The fourth-order valence-electron chi connectivity index (χ4n) is 2.39. The largest absolute Gasteiger partial charge is 0.398 e. The van der Waals surface area contributed by atoms with Gasteiger partial charge in [0.05, 0.1) is 0 Å². The van der Waals surface area contributed by atoms with Gasteiger partial charge >= 0.3 is 0 Å². The Morgan fingerprint density at radius 1 is 1.30 bits per heavy atom. The lowest BCUT2D eigenvalue weighted by atomic mass is 10.0. The summed E-state index contributed by atoms with van der Waals surface area (Å²) in [7, 11) is 0. The van der Waals surface area contributed by atoms with Crippen LogP contribution >= 0.6 is 0 Å². The van der Waals surface area contributed by atoms with Crippen LogP contribution in [0.25, 0.3) is 0 Å². The molecule has 1 fully saturated rings. The molecule has 0 spiro atoms. The van der Waals surface area contributed by atoms with Crippen LogP contribution in [0.15, 0.2) is 18.2 Å². The molecule has 0 unspecified atom stereocenters. The summed E-state index contributed by atoms with van der Waals surface area (Å²) in [6.45, 7) is 4.90. The molecule has 1 aromatic rings. The van der Waals surface area contributed by atoms with Crippen LogP contribution in [0.4, 0.5) is 5.69 Å². The van der Waals surface area contributed by atoms with Crippen molar-refractivity contribution >= 4 is 17.5 Å². The Morgan fingerprint density at radius 2 is 1.95 bits per heavy atom. The van der Waals surface area contributed by atoms with Crippen LogP contribution < -0.4 is 11.1 Å². The zero-order chi connectivity index (χ0) is 14.7. The zero-order valence-electron chi connectivity index (χ0n) is 12.0. The summed E-state index contributed by atoms with van der Waals surface area (Å²) >= 11 is 0. The normalized spacial score (nSPS) is 16.0. The fourth-order valence-corrected chi connectivity index (χ4v) is 2.39. The van der Waals surface area contributed by atoms with Crippen LogP contribution in [0, 0.1) is 6.92 Å². The maximum absolute atomic E-state index is 12.1. The van der Waals surface area contributed by atoms with Crippen LogP contribution in [0.3, 0.4) is 0 Å². The molecule has 2 rings (SSSR count). The van der Waals surface area contributed by atoms with E-state index in [1.165, 1.54) is 0 Å². The summed E-state index contributed by atoms with van der Waals surface area (Å²) in [5.74, 6) is -0.000871. The van der Waals surface area contributed by atoms with Crippen molar-refractivity contribution in [1.82, 2.24) is 10.2 Å². The second-order valence-electron chi connectivity index (χ2n) is 5.33. The maximum Gasteiger partial charge on any atom is 0.251 e. The lowest BCUT2D eigenvalue weighted by Crippen LogP contribution is -2.46. The number of rotatable bonds is 2. The highest BCUT2D eigenvalue weighted by atomic mass is 16.2. The second-order valence-corrected chi connectivity index (χ2v) is 5.33. The standard InChI is InChI=1S/C15H21N3O2/c1-10-3-4-12(9-14(10)16)15(20)17-13-5-7-18(8-6-13)11(2)19/h3-4,9,13H,5-8,16H2,1-2H3,(H,17,20). The van der Waals surface area contributed by atoms with E-state index in [0.717, 1.165) is 18.4 Å². The Hall–Kier alpha value is -2.04. The van der Waals surface area contributed by atoms with E-state index in [0.29, 0.717) is 24.3 Å². The molecule has 20 heavy (non-hydrogen) atoms. The minimum atomic E-state index is -0.0991. The molecule has 0 saturated carbocycles. The molecule has 0 bridgehead atoms. The Labute approximate surface area is 119 Å². The van der Waals surface area contributed by atoms with Gasteiger partial charge in [-0.2, -0.15) is 0 Å². The lowest BCUT2D eigenvalue weighted by Gasteiger charge is -2.31. The van der Waals surface area contributed by atoms with E-state index in [4.69, 9.17) is 5.73 Å². The van der Waals surface area contributed by atoms with Gasteiger partial charge in [0.2, 0.25) is 5.91 Å². The van der Waals surface area contributed by atoms with E-state index in [2.05, 4.69) is 5.32 Å². The van der Waals surface area contributed by atoms with E-state index in [1.807, 2.05) is 17.9 Å². The minimum Gasteiger partial charge on any atom is -0.398 e. The smallest absolute Gasteiger partial charge is 0.251 e. The van der Waals surface area contributed by atoms with Gasteiger partial charge in [0.1, 0.15) is 0 Å². The summed E-state index contributed by atoms with van der Waals surface area (Å²) in [6.07, 6.45) is 1.60. The van der Waals surface area contributed by atoms with Gasteiger partial charge in [0, 0.05) is 37.3 Å². The first kappa shape index (κ1) is 14.4. The number of hydrogen-bond donors (Lipinski definition) is 2. The first-order valence-electron chi connectivity index (χ1n) is 6.90. The van der Waals surface area contributed by atoms with Gasteiger partial charge in [-0.3, -0.25) is 9.59 Å². The van der Waals surface area contributed by atoms with Gasteiger partial charge in [0.25, 0.3) is 5.91 Å². The third-order valence-corrected chi connectivity index (χ3v) is 3.82. The number of benzene rings is 1. The number of nitrogen functional groups attached to an aromatic ring is 1. The maximum atomic E-state index is 12.1. The number of nitrogens with zero attached hydrogens (tertiary/aromatic N) is 1. The summed E-state index contributed by atoms with van der Waals surface area (Å²) in [6, 6.07) is 5.46. The molecular weight excluding hydrogens is 254 g/mol. The molecule has 5 nitrogen and oxygen atoms in total. The summed E-state index contributed by atoms with van der Waals surface area (Å²) in [5.41, 5.74) is 8.00. The van der Waals surface area contributed by atoms with Crippen molar-refractivity contribution in [1.29, 1.82) is 0 Å². The monoisotopic (exact) mass is 275 g/mol. The van der Waals surface area contributed by atoms with Crippen LogP contribution in [0.1, 0.15) is 35.7 Å². The highest BCUT2D eigenvalue weighted by Crippen LogP contribution is 2.15. The van der Waals surface area contributed by atoms with E-state index in [1.54, 1.807) is 19.1 Å². The molecule has 3 N–H and O–H groups in total. The van der Waals surface area contributed by atoms with Crippen LogP contribution in [0.2, 0.25) is 0 Å². The first-order chi connectivity index (χ1) is 9.47. The third kappa shape index (κ3) is 3.29. The fraction of sp³-hybridized carbons (Fsp3) is 0.467. The average Bonchev–Trinajstić information content (AvgIpc) is 2.42. The molecule has 108 valence electrons. The van der Waals surface area contributed by atoms with E-state index in [-0.39, 0.29) is 17.9 Å². The summed E-state index contributed by atoms with van der Waals surface area (Å²) in [4.78, 5) is 25.2. The van der Waals surface area contributed by atoms with Gasteiger partial charge < -0.3 is 16.0 Å². The van der Waals surface area contributed by atoms with Crippen LogP contribution in [-0.2, 0) is 4.79 Å². The Morgan fingerprint density at radius 3 is 2.50 bits per heavy atom. The van der Waals surface area contributed by atoms with Crippen molar-refractivity contribution in [2.45, 2.75) is 32.7 Å². The number of aryl methyl sites for hydroxylation is 1. The molecule has 1 heterocycles. The summed E-state index contributed by atoms with van der Waals surface area (Å²) in [5, 5.41) is 3.01. The van der Waals surface area contributed by atoms with Gasteiger partial charge in [-0.05, 0) is 37.5 Å². The number of carbonyl (C=O) groups excluding carboxylic acids is 2. The predicted molar refractivity (Wildman–Crippen MR) is 78.3 cm³/mol. The van der Waals surface area contributed by atoms with E-state index < -0.39 is 0 Å². The molecule has 1 aliphatic rings. The lowest BCUT2D eigenvalue weighted by molar-refractivity contribution is -0.129. The zero-order valence-corrected chi connectivity index (χ0v) is 12.0. The topological polar surface area (TPSA) is 75.4 Å². The first-order valence-corrected chi connectivity index (χ1v) is 6.90. The van der Waals surface area contributed by atoms with Gasteiger partial charge in [-0.25, -0.2) is 0 Å². The van der Waals surface area contributed by atoms with Gasteiger partial charge in [-0.1, -0.05) is 6.07 Å². The van der Waals surface area contributed by atoms with Crippen molar-refractivity contribution in [2.75, 3.05) is 18.8 Å². The molecule has 0 aliphatic carbocycles. The van der Waals surface area contributed by atoms with Crippen molar-refractivity contribution in [3.8, 4) is 0 Å². The number of likely N-dealkylation sites (tertiary alicyclic amines) is 1. The molecule has 5 heteroatoms. The highest BCUT2D eigenvalue weighted by molar-refractivity contribution is 5.95. The number of carbonyl (C=O) groups is 2. The molecule has 1 saturated heterocycles. The van der Waals surface area contributed by atoms with Crippen molar-refractivity contribution in [3.63, 3.8) is 0 Å². The molecule has 1 aromatic carbocycles. The molecule has 0 aromatic heterocycles. The van der Waals surface area contributed by atoms with Gasteiger partial charge in [0.15, 0.2) is 0 Å². The van der Waals surface area contributed by atoms with Crippen molar-refractivity contribution < 1.29 is 9.59 Å². The van der Waals surface area contributed by atoms with Gasteiger partial charge in [-0.15, -0.1) is 0 Å². The predicted octanol–water partition coefficient (Wildman–Crippen LogP) is 1.32. The Kier molecular flexibility index (Phi) is 4.27. The SMILES string of the molecule is CC(=O)N1CCC(NC(=O)c2ccc(C)c(N)c2)CC1. The van der Waals surface area contributed by atoms with E-state index in [9.17, 15) is 9.59 Å². The van der Waals surface area contributed by atoms with Crippen LogP contribution in [-0.4, -0.2) is 35.8 Å². The number of piperidine rings is 1. The van der Waals surface area contributed by atoms with Crippen LogP contribution in [0.5, 0.6) is 0 Å². The number of nitrogens with two attached hydrogens (primary N) is 1. The Bertz CT molecular complexity index is 520. The quantitative estimate of drug-likeness (QED) is 0.799.